The molecule has 0 aliphatic rings. The number of hydrogen-bond donors (Lipinski definition) is 1. The van der Waals surface area contributed by atoms with Gasteiger partial charge in [0.25, 0.3) is 0 Å². The van der Waals surface area contributed by atoms with E-state index in [0.717, 1.165) is 11.1 Å². The van der Waals surface area contributed by atoms with Crippen LogP contribution in [0.4, 0.5) is 4.79 Å². The Morgan fingerprint density at radius 3 is 2.70 bits per heavy atom. The van der Waals surface area contributed by atoms with Crippen molar-refractivity contribution < 1.29 is 14.3 Å². The lowest BCUT2D eigenvalue weighted by Gasteiger charge is -2.19. The molecular weight excluding hydrogens is 310 g/mol. The monoisotopic (exact) mass is 333 g/mol. The Morgan fingerprint density at radius 2 is 2.00 bits per heavy atom. The molecule has 1 aromatic heterocycles. The quantitative estimate of drug-likeness (QED) is 0.871. The summed E-state index contributed by atoms with van der Waals surface area (Å²) in [5, 5.41) is 2.78. The summed E-state index contributed by atoms with van der Waals surface area (Å²) >= 11 is 1.71. The summed E-state index contributed by atoms with van der Waals surface area (Å²) in [6, 6.07) is 12.3. The standard InChI is InChI=1S/C18H23NO3S/c1-18(2,3)22-17(20)19-11-13-6-5-7-14(10-13)16-9-8-15(23-16)12-21-4/h5-10H,11-12H2,1-4H3,(H,19,20). The Hall–Kier alpha value is -1.85. The van der Waals surface area contributed by atoms with Crippen LogP contribution in [-0.2, 0) is 22.6 Å². The third kappa shape index (κ3) is 5.69. The van der Waals surface area contributed by atoms with E-state index in [9.17, 15) is 4.79 Å². The zero-order valence-corrected chi connectivity index (χ0v) is 14.8. The van der Waals surface area contributed by atoms with Crippen molar-refractivity contribution in [2.75, 3.05) is 7.11 Å². The summed E-state index contributed by atoms with van der Waals surface area (Å²) in [7, 11) is 1.70. The van der Waals surface area contributed by atoms with Crippen LogP contribution in [0.25, 0.3) is 10.4 Å². The van der Waals surface area contributed by atoms with E-state index < -0.39 is 11.7 Å². The van der Waals surface area contributed by atoms with Crippen LogP contribution in [0.3, 0.4) is 0 Å². The number of carbonyl (C=O) groups excluding carboxylic acids is 1. The van der Waals surface area contributed by atoms with E-state index in [2.05, 4.69) is 29.6 Å². The van der Waals surface area contributed by atoms with Gasteiger partial charge in [-0.2, -0.15) is 0 Å². The molecule has 0 saturated heterocycles. The fraction of sp³-hybridized carbons (Fsp3) is 0.389. The number of rotatable bonds is 5. The highest BCUT2D eigenvalue weighted by Crippen LogP contribution is 2.29. The van der Waals surface area contributed by atoms with Crippen LogP contribution < -0.4 is 5.32 Å². The van der Waals surface area contributed by atoms with Gasteiger partial charge in [-0.25, -0.2) is 4.79 Å². The van der Waals surface area contributed by atoms with Gasteiger partial charge in [0.2, 0.25) is 0 Å². The molecule has 0 aliphatic heterocycles. The molecule has 0 saturated carbocycles. The minimum Gasteiger partial charge on any atom is -0.444 e. The molecule has 0 radical (unpaired) electrons. The molecule has 0 fully saturated rings. The first-order valence-corrected chi connectivity index (χ1v) is 8.33. The van der Waals surface area contributed by atoms with Gasteiger partial charge in [-0.05, 0) is 50.1 Å². The minimum absolute atomic E-state index is 0.401. The lowest BCUT2D eigenvalue weighted by atomic mass is 10.1. The molecule has 2 aromatic rings. The van der Waals surface area contributed by atoms with Gasteiger partial charge in [-0.1, -0.05) is 18.2 Å². The second kappa shape index (κ2) is 7.62. The molecule has 0 unspecified atom stereocenters. The zero-order valence-electron chi connectivity index (χ0n) is 14.0. The van der Waals surface area contributed by atoms with E-state index in [-0.39, 0.29) is 0 Å². The number of alkyl carbamates (subject to hydrolysis) is 1. The largest absolute Gasteiger partial charge is 0.444 e. The number of hydrogen-bond acceptors (Lipinski definition) is 4. The second-order valence-corrected chi connectivity index (χ2v) is 7.42. The molecule has 2 rings (SSSR count). The first-order chi connectivity index (χ1) is 10.9. The fourth-order valence-electron chi connectivity index (χ4n) is 2.08. The van der Waals surface area contributed by atoms with Gasteiger partial charge < -0.3 is 14.8 Å². The van der Waals surface area contributed by atoms with Crippen LogP contribution in [0.1, 0.15) is 31.2 Å². The average molecular weight is 333 g/mol. The van der Waals surface area contributed by atoms with Gasteiger partial charge in [0, 0.05) is 23.4 Å². The molecular formula is C18H23NO3S. The summed E-state index contributed by atoms with van der Waals surface area (Å²) in [4.78, 5) is 14.1. The van der Waals surface area contributed by atoms with Crippen molar-refractivity contribution in [1.82, 2.24) is 5.32 Å². The molecule has 0 spiro atoms. The van der Waals surface area contributed by atoms with Gasteiger partial charge >= 0.3 is 6.09 Å². The molecule has 5 heteroatoms. The number of benzene rings is 1. The number of ether oxygens (including phenoxy) is 2. The Labute approximate surface area is 141 Å². The van der Waals surface area contributed by atoms with E-state index in [1.54, 1.807) is 18.4 Å². The van der Waals surface area contributed by atoms with Crippen molar-refractivity contribution in [2.24, 2.45) is 0 Å². The first kappa shape index (κ1) is 17.5. The Balaban J connectivity index is 2.00. The van der Waals surface area contributed by atoms with Crippen molar-refractivity contribution in [2.45, 2.75) is 39.5 Å². The van der Waals surface area contributed by atoms with Crippen LogP contribution in [-0.4, -0.2) is 18.8 Å². The molecule has 0 aliphatic carbocycles. The van der Waals surface area contributed by atoms with E-state index >= 15 is 0 Å². The van der Waals surface area contributed by atoms with E-state index in [4.69, 9.17) is 9.47 Å². The van der Waals surface area contributed by atoms with Gasteiger partial charge in [0.15, 0.2) is 0 Å². The number of carbonyl (C=O) groups is 1. The Bertz CT molecular complexity index is 658. The van der Waals surface area contributed by atoms with Crippen molar-refractivity contribution >= 4 is 17.4 Å². The van der Waals surface area contributed by atoms with Crippen LogP contribution in [0.2, 0.25) is 0 Å². The minimum atomic E-state index is -0.485. The first-order valence-electron chi connectivity index (χ1n) is 7.51. The number of thiophene rings is 1. The summed E-state index contributed by atoms with van der Waals surface area (Å²) < 4.78 is 10.4. The SMILES string of the molecule is COCc1ccc(-c2cccc(CNC(=O)OC(C)(C)C)c2)s1. The highest BCUT2D eigenvalue weighted by molar-refractivity contribution is 7.15. The Kier molecular flexibility index (Phi) is 5.80. The van der Waals surface area contributed by atoms with Crippen LogP contribution in [0, 0.1) is 0 Å². The highest BCUT2D eigenvalue weighted by Gasteiger charge is 2.15. The van der Waals surface area contributed by atoms with Crippen LogP contribution in [0.15, 0.2) is 36.4 Å². The maximum absolute atomic E-state index is 11.7. The van der Waals surface area contributed by atoms with Gasteiger partial charge in [0.05, 0.1) is 6.61 Å². The number of amides is 1. The lowest BCUT2D eigenvalue weighted by molar-refractivity contribution is 0.0523. The predicted octanol–water partition coefficient (Wildman–Crippen LogP) is 4.59. The van der Waals surface area contributed by atoms with Crippen molar-refractivity contribution in [3.63, 3.8) is 0 Å². The molecule has 4 nitrogen and oxygen atoms in total. The van der Waals surface area contributed by atoms with Crippen molar-refractivity contribution in [3.8, 4) is 10.4 Å². The van der Waals surface area contributed by atoms with E-state index in [1.165, 1.54) is 9.75 Å². The third-order valence-electron chi connectivity index (χ3n) is 3.00. The number of nitrogens with one attached hydrogen (secondary N) is 1. The summed E-state index contributed by atoms with van der Waals surface area (Å²) in [6.45, 7) is 6.62. The Morgan fingerprint density at radius 1 is 1.22 bits per heavy atom. The molecule has 23 heavy (non-hydrogen) atoms. The number of methoxy groups -OCH3 is 1. The third-order valence-corrected chi connectivity index (χ3v) is 4.10. The summed E-state index contributed by atoms with van der Waals surface area (Å²) in [5.41, 5.74) is 1.69. The highest BCUT2D eigenvalue weighted by atomic mass is 32.1. The van der Waals surface area contributed by atoms with Gasteiger partial charge in [-0.3, -0.25) is 0 Å². The second-order valence-electron chi connectivity index (χ2n) is 6.25. The topological polar surface area (TPSA) is 47.6 Å². The molecule has 0 bridgehead atoms. The van der Waals surface area contributed by atoms with Crippen LogP contribution in [0.5, 0.6) is 0 Å². The summed E-state index contributed by atoms with van der Waals surface area (Å²) in [6.07, 6.45) is -0.401. The predicted molar refractivity (Wildman–Crippen MR) is 93.5 cm³/mol. The lowest BCUT2D eigenvalue weighted by Crippen LogP contribution is -2.32. The molecule has 1 aromatic carbocycles. The molecule has 1 heterocycles. The normalized spacial score (nSPS) is 11.3. The van der Waals surface area contributed by atoms with E-state index in [0.29, 0.717) is 13.2 Å². The smallest absolute Gasteiger partial charge is 0.407 e. The van der Waals surface area contributed by atoms with Gasteiger partial charge in [-0.15, -0.1) is 11.3 Å². The summed E-state index contributed by atoms with van der Waals surface area (Å²) in [5.74, 6) is 0. The molecule has 1 N–H and O–H groups in total. The zero-order chi connectivity index (χ0) is 16.9. The maximum atomic E-state index is 11.7. The molecule has 124 valence electrons. The van der Waals surface area contributed by atoms with E-state index in [1.807, 2.05) is 32.9 Å². The van der Waals surface area contributed by atoms with Crippen molar-refractivity contribution in [3.05, 3.63) is 46.8 Å². The van der Waals surface area contributed by atoms with Crippen molar-refractivity contribution in [1.29, 1.82) is 0 Å². The van der Waals surface area contributed by atoms with Crippen LogP contribution >= 0.6 is 11.3 Å². The fourth-order valence-corrected chi connectivity index (χ4v) is 3.05. The molecule has 0 atom stereocenters. The maximum Gasteiger partial charge on any atom is 0.407 e. The molecule has 1 amide bonds. The average Bonchev–Trinajstić information content (AvgIpc) is 2.93. The van der Waals surface area contributed by atoms with Gasteiger partial charge in [0.1, 0.15) is 5.60 Å².